The lowest BCUT2D eigenvalue weighted by Gasteiger charge is -2.25. The fraction of sp³-hybridized carbons (Fsp3) is 0.370. The molecular formula is C27H29N3O4S. The van der Waals surface area contributed by atoms with Crippen molar-refractivity contribution in [3.63, 3.8) is 0 Å². The van der Waals surface area contributed by atoms with Crippen LogP contribution in [0.5, 0.6) is 0 Å². The summed E-state index contributed by atoms with van der Waals surface area (Å²) in [5, 5.41) is 0. The monoisotopic (exact) mass is 491 g/mol. The number of rotatable bonds is 5. The number of aryl methyl sites for hydroxylation is 1. The molecule has 0 aliphatic carbocycles. The highest BCUT2D eigenvalue weighted by atomic mass is 32.1. The van der Waals surface area contributed by atoms with E-state index in [4.69, 9.17) is 9.15 Å². The highest BCUT2D eigenvalue weighted by Gasteiger charge is 2.33. The maximum Gasteiger partial charge on any atom is 0.338 e. The molecule has 2 aliphatic heterocycles. The summed E-state index contributed by atoms with van der Waals surface area (Å²) in [6.45, 7) is 7.79. The molecule has 35 heavy (non-hydrogen) atoms. The Bertz CT molecular complexity index is 1450. The molecule has 7 nitrogen and oxygen atoms in total. The van der Waals surface area contributed by atoms with E-state index in [1.165, 1.54) is 17.8 Å². The SMILES string of the molecule is CCOC(=O)C1=C(C)N=c2s/c(=C/c3ccc(N4CCCCC4)o3)c(=O)n2[C@@H]1c1ccc(C)cc1. The molecular weight excluding hydrogens is 462 g/mol. The van der Waals surface area contributed by atoms with Gasteiger partial charge in [-0.2, -0.15) is 0 Å². The van der Waals surface area contributed by atoms with E-state index < -0.39 is 12.0 Å². The Morgan fingerprint density at radius 3 is 2.60 bits per heavy atom. The Kier molecular flexibility index (Phi) is 6.47. The second kappa shape index (κ2) is 9.70. The number of nitrogens with zero attached hydrogens (tertiary/aromatic N) is 3. The molecule has 0 N–H and O–H groups in total. The van der Waals surface area contributed by atoms with Gasteiger partial charge in [-0.3, -0.25) is 9.36 Å². The van der Waals surface area contributed by atoms with Crippen molar-refractivity contribution in [1.29, 1.82) is 0 Å². The second-order valence-electron chi connectivity index (χ2n) is 8.94. The number of piperidine rings is 1. The highest BCUT2D eigenvalue weighted by Crippen LogP contribution is 2.31. The average molecular weight is 492 g/mol. The number of hydrogen-bond acceptors (Lipinski definition) is 7. The molecule has 8 heteroatoms. The van der Waals surface area contributed by atoms with E-state index in [0.717, 1.165) is 42.9 Å². The lowest BCUT2D eigenvalue weighted by atomic mass is 9.95. The summed E-state index contributed by atoms with van der Waals surface area (Å²) in [5.41, 5.74) is 2.68. The molecule has 5 rings (SSSR count). The quantitative estimate of drug-likeness (QED) is 0.509. The van der Waals surface area contributed by atoms with Crippen LogP contribution in [0.3, 0.4) is 0 Å². The Balaban J connectivity index is 1.60. The van der Waals surface area contributed by atoms with E-state index >= 15 is 0 Å². The Labute approximate surface area is 207 Å². The van der Waals surface area contributed by atoms with Gasteiger partial charge in [-0.15, -0.1) is 0 Å². The average Bonchev–Trinajstić information content (AvgIpc) is 3.44. The fourth-order valence-electron chi connectivity index (χ4n) is 4.69. The van der Waals surface area contributed by atoms with Crippen LogP contribution in [0.4, 0.5) is 5.88 Å². The summed E-state index contributed by atoms with van der Waals surface area (Å²) >= 11 is 1.30. The number of hydrogen-bond donors (Lipinski definition) is 0. The highest BCUT2D eigenvalue weighted by molar-refractivity contribution is 7.07. The number of esters is 1. The van der Waals surface area contributed by atoms with E-state index in [2.05, 4.69) is 9.89 Å². The molecule has 0 spiro atoms. The first-order chi connectivity index (χ1) is 17.0. The van der Waals surface area contributed by atoms with Crippen LogP contribution in [0.1, 0.15) is 56.0 Å². The number of fused-ring (bicyclic) bond motifs is 1. The van der Waals surface area contributed by atoms with Gasteiger partial charge in [0, 0.05) is 25.2 Å². The first-order valence-electron chi connectivity index (χ1n) is 12.1. The molecule has 3 aromatic rings. The molecule has 0 saturated carbocycles. The van der Waals surface area contributed by atoms with Gasteiger partial charge in [-0.05, 0) is 51.7 Å². The lowest BCUT2D eigenvalue weighted by Crippen LogP contribution is -2.39. The van der Waals surface area contributed by atoms with Crippen molar-refractivity contribution in [3.8, 4) is 0 Å². The second-order valence-corrected chi connectivity index (χ2v) is 9.95. The van der Waals surface area contributed by atoms with Gasteiger partial charge in [0.25, 0.3) is 5.56 Å². The largest absolute Gasteiger partial charge is 0.463 e. The van der Waals surface area contributed by atoms with Crippen LogP contribution in [-0.2, 0) is 9.53 Å². The van der Waals surface area contributed by atoms with Crippen LogP contribution in [-0.4, -0.2) is 30.2 Å². The Morgan fingerprint density at radius 2 is 1.89 bits per heavy atom. The number of anilines is 1. The van der Waals surface area contributed by atoms with E-state index in [9.17, 15) is 9.59 Å². The first-order valence-corrected chi connectivity index (χ1v) is 12.9. The van der Waals surface area contributed by atoms with Gasteiger partial charge in [-0.1, -0.05) is 41.2 Å². The third kappa shape index (κ3) is 4.50. The minimum absolute atomic E-state index is 0.204. The minimum atomic E-state index is -0.603. The summed E-state index contributed by atoms with van der Waals surface area (Å²) in [6, 6.07) is 11.1. The summed E-state index contributed by atoms with van der Waals surface area (Å²) in [5.74, 6) is 1.01. The molecule has 0 radical (unpaired) electrons. The van der Waals surface area contributed by atoms with Crippen molar-refractivity contribution in [2.24, 2.45) is 4.99 Å². The molecule has 1 fully saturated rings. The van der Waals surface area contributed by atoms with Gasteiger partial charge >= 0.3 is 5.97 Å². The van der Waals surface area contributed by atoms with E-state index in [1.807, 2.05) is 43.3 Å². The van der Waals surface area contributed by atoms with Crippen LogP contribution < -0.4 is 19.8 Å². The van der Waals surface area contributed by atoms with Crippen LogP contribution in [0.2, 0.25) is 0 Å². The van der Waals surface area contributed by atoms with Crippen LogP contribution >= 0.6 is 11.3 Å². The molecule has 0 amide bonds. The molecule has 2 aliphatic rings. The van der Waals surface area contributed by atoms with Gasteiger partial charge in [-0.25, -0.2) is 9.79 Å². The number of carbonyl (C=O) groups excluding carboxylic acids is 1. The zero-order valence-corrected chi connectivity index (χ0v) is 21.1. The van der Waals surface area contributed by atoms with Crippen molar-refractivity contribution in [3.05, 3.63) is 84.2 Å². The number of aromatic nitrogens is 1. The Hall–Kier alpha value is -3.39. The molecule has 1 aromatic carbocycles. The van der Waals surface area contributed by atoms with Crippen molar-refractivity contribution in [2.45, 2.75) is 46.1 Å². The van der Waals surface area contributed by atoms with E-state index in [1.54, 1.807) is 24.5 Å². The predicted molar refractivity (Wildman–Crippen MR) is 136 cm³/mol. The van der Waals surface area contributed by atoms with Gasteiger partial charge in [0.1, 0.15) is 5.76 Å². The van der Waals surface area contributed by atoms with Gasteiger partial charge in [0.15, 0.2) is 10.7 Å². The molecule has 0 unspecified atom stereocenters. The standard InChI is InChI=1S/C27H29N3O4S/c1-4-33-26(32)23-18(3)28-27-30(24(23)19-10-8-17(2)9-11-19)25(31)21(35-27)16-20-12-13-22(34-20)29-14-6-5-7-15-29/h8-13,16,24H,4-7,14-15H2,1-3H3/b21-16+/t24-/m1/s1. The normalized spacial score (nSPS) is 18.4. The smallest absolute Gasteiger partial charge is 0.338 e. The van der Waals surface area contributed by atoms with E-state index in [0.29, 0.717) is 26.4 Å². The third-order valence-corrected chi connectivity index (χ3v) is 7.45. The zero-order chi connectivity index (χ0) is 24.5. The molecule has 0 bridgehead atoms. The molecule has 4 heterocycles. The summed E-state index contributed by atoms with van der Waals surface area (Å²) in [7, 11) is 0. The summed E-state index contributed by atoms with van der Waals surface area (Å²) in [4.78, 5) is 34.0. The number of ether oxygens (including phenoxy) is 1. The van der Waals surface area contributed by atoms with Gasteiger partial charge in [0.05, 0.1) is 28.5 Å². The maximum absolute atomic E-state index is 13.7. The number of carbonyl (C=O) groups is 1. The number of thiazole rings is 1. The van der Waals surface area contributed by atoms with Crippen LogP contribution in [0.25, 0.3) is 6.08 Å². The van der Waals surface area contributed by atoms with Crippen molar-refractivity contribution < 1.29 is 13.9 Å². The predicted octanol–water partition coefficient (Wildman–Crippen LogP) is 3.69. The van der Waals surface area contributed by atoms with Gasteiger partial charge in [0.2, 0.25) is 0 Å². The maximum atomic E-state index is 13.7. The molecule has 182 valence electrons. The fourth-order valence-corrected chi connectivity index (χ4v) is 5.72. The first kappa shape index (κ1) is 23.4. The van der Waals surface area contributed by atoms with Crippen molar-refractivity contribution >= 4 is 29.3 Å². The minimum Gasteiger partial charge on any atom is -0.463 e. The number of allylic oxidation sites excluding steroid dienone is 1. The topological polar surface area (TPSA) is 77.0 Å². The summed E-state index contributed by atoms with van der Waals surface area (Å²) < 4.78 is 13.5. The summed E-state index contributed by atoms with van der Waals surface area (Å²) in [6.07, 6.45) is 5.35. The van der Waals surface area contributed by atoms with Crippen LogP contribution in [0.15, 0.2) is 61.9 Å². The lowest BCUT2D eigenvalue weighted by molar-refractivity contribution is -0.139. The Morgan fingerprint density at radius 1 is 1.14 bits per heavy atom. The molecule has 2 aromatic heterocycles. The van der Waals surface area contributed by atoms with Crippen LogP contribution in [0, 0.1) is 6.92 Å². The molecule has 1 atom stereocenters. The number of furan rings is 1. The van der Waals surface area contributed by atoms with E-state index in [-0.39, 0.29) is 12.2 Å². The van der Waals surface area contributed by atoms with Crippen molar-refractivity contribution in [2.75, 3.05) is 24.6 Å². The van der Waals surface area contributed by atoms with Crippen molar-refractivity contribution in [1.82, 2.24) is 4.57 Å². The molecule has 1 saturated heterocycles. The third-order valence-electron chi connectivity index (χ3n) is 6.46. The van der Waals surface area contributed by atoms with Gasteiger partial charge < -0.3 is 14.1 Å². The zero-order valence-electron chi connectivity index (χ0n) is 20.2. The number of benzene rings is 1.